The van der Waals surface area contributed by atoms with E-state index in [0.717, 1.165) is 0 Å². The van der Waals surface area contributed by atoms with Gasteiger partial charge >= 0.3 is 0 Å². The van der Waals surface area contributed by atoms with E-state index in [-0.39, 0.29) is 6.10 Å². The number of rotatable bonds is 4. The Morgan fingerprint density at radius 2 is 2.00 bits per heavy atom. The van der Waals surface area contributed by atoms with Crippen LogP contribution in [0.1, 0.15) is 12.8 Å². The van der Waals surface area contributed by atoms with Crippen LogP contribution in [0.3, 0.4) is 0 Å². The molecular formula is C8H15F2NO2. The Bertz CT molecular complexity index is 149. The van der Waals surface area contributed by atoms with Crippen LogP contribution in [0.2, 0.25) is 0 Å². The lowest BCUT2D eigenvalue weighted by Gasteiger charge is -2.24. The predicted octanol–water partition coefficient (Wildman–Crippen LogP) is 0.776. The molecule has 2 N–H and O–H groups in total. The molecule has 0 aromatic heterocycles. The molecule has 0 unspecified atom stereocenters. The van der Waals surface area contributed by atoms with E-state index in [0.29, 0.717) is 26.1 Å². The maximum Gasteiger partial charge on any atom is 0.282 e. The molecule has 1 fully saturated rings. The maximum atomic E-state index is 12.6. The lowest BCUT2D eigenvalue weighted by atomic mass is 10.1. The maximum absolute atomic E-state index is 12.6. The molecule has 78 valence electrons. The number of ether oxygens (including phenoxy) is 2. The van der Waals surface area contributed by atoms with Gasteiger partial charge in [-0.05, 0) is 12.8 Å². The van der Waals surface area contributed by atoms with Gasteiger partial charge in [0.15, 0.2) is 0 Å². The number of nitrogens with two attached hydrogens (primary N) is 1. The van der Waals surface area contributed by atoms with Gasteiger partial charge in [0.2, 0.25) is 0 Å². The zero-order valence-electron chi connectivity index (χ0n) is 7.47. The van der Waals surface area contributed by atoms with Crippen molar-refractivity contribution in [3.63, 3.8) is 0 Å². The second-order valence-corrected chi connectivity index (χ2v) is 3.18. The Morgan fingerprint density at radius 1 is 1.38 bits per heavy atom. The number of hydrogen-bond acceptors (Lipinski definition) is 3. The van der Waals surface area contributed by atoms with E-state index >= 15 is 0 Å². The van der Waals surface area contributed by atoms with Crippen LogP contribution in [0.25, 0.3) is 0 Å². The fourth-order valence-corrected chi connectivity index (χ4v) is 1.14. The average Bonchev–Trinajstić information content (AvgIpc) is 2.17. The molecule has 1 aliphatic rings. The van der Waals surface area contributed by atoms with Crippen molar-refractivity contribution in [2.24, 2.45) is 5.73 Å². The molecule has 1 saturated heterocycles. The summed E-state index contributed by atoms with van der Waals surface area (Å²) in [6, 6.07) is 0. The van der Waals surface area contributed by atoms with Gasteiger partial charge < -0.3 is 15.2 Å². The Balaban J connectivity index is 2.17. The summed E-state index contributed by atoms with van der Waals surface area (Å²) in [4.78, 5) is 0. The molecule has 0 spiro atoms. The Hall–Kier alpha value is -0.260. The minimum absolute atomic E-state index is 0.0915. The number of halogens is 2. The molecule has 0 aromatic rings. The molecule has 3 nitrogen and oxygen atoms in total. The van der Waals surface area contributed by atoms with Gasteiger partial charge in [-0.15, -0.1) is 0 Å². The highest BCUT2D eigenvalue weighted by molar-refractivity contribution is 4.69. The van der Waals surface area contributed by atoms with Crippen LogP contribution < -0.4 is 5.73 Å². The number of alkyl halides is 2. The van der Waals surface area contributed by atoms with Gasteiger partial charge in [0.1, 0.15) is 6.61 Å². The van der Waals surface area contributed by atoms with Gasteiger partial charge in [-0.3, -0.25) is 0 Å². The molecule has 0 aromatic carbocycles. The highest BCUT2D eigenvalue weighted by atomic mass is 19.3. The van der Waals surface area contributed by atoms with Crippen molar-refractivity contribution >= 4 is 0 Å². The van der Waals surface area contributed by atoms with E-state index in [4.69, 9.17) is 15.2 Å². The summed E-state index contributed by atoms with van der Waals surface area (Å²) in [6.07, 6.45) is 1.30. The van der Waals surface area contributed by atoms with E-state index in [1.54, 1.807) is 0 Å². The highest BCUT2D eigenvalue weighted by Gasteiger charge is 2.29. The molecule has 0 atom stereocenters. The van der Waals surface area contributed by atoms with Crippen LogP contribution in [-0.4, -0.2) is 38.4 Å². The van der Waals surface area contributed by atoms with E-state index < -0.39 is 19.1 Å². The largest absolute Gasteiger partial charge is 0.381 e. The van der Waals surface area contributed by atoms with Crippen LogP contribution in [0.5, 0.6) is 0 Å². The summed E-state index contributed by atoms with van der Waals surface area (Å²) >= 11 is 0. The van der Waals surface area contributed by atoms with Crippen molar-refractivity contribution in [2.75, 3.05) is 26.4 Å². The predicted molar refractivity (Wildman–Crippen MR) is 43.8 cm³/mol. The van der Waals surface area contributed by atoms with Gasteiger partial charge in [-0.1, -0.05) is 0 Å². The molecule has 13 heavy (non-hydrogen) atoms. The van der Waals surface area contributed by atoms with Crippen LogP contribution in [0.15, 0.2) is 0 Å². The zero-order valence-corrected chi connectivity index (χ0v) is 7.47. The number of hydrogen-bond donors (Lipinski definition) is 1. The zero-order chi connectivity index (χ0) is 9.73. The van der Waals surface area contributed by atoms with Gasteiger partial charge in [0, 0.05) is 13.2 Å². The summed E-state index contributed by atoms with van der Waals surface area (Å²) in [7, 11) is 0. The minimum atomic E-state index is -2.89. The first-order valence-electron chi connectivity index (χ1n) is 4.41. The summed E-state index contributed by atoms with van der Waals surface area (Å²) in [5, 5.41) is 0. The molecule has 0 aliphatic carbocycles. The summed E-state index contributed by atoms with van der Waals surface area (Å²) in [5.41, 5.74) is 4.87. The Morgan fingerprint density at radius 3 is 2.54 bits per heavy atom. The third kappa shape index (κ3) is 3.97. The van der Waals surface area contributed by atoms with Crippen molar-refractivity contribution in [1.82, 2.24) is 0 Å². The average molecular weight is 195 g/mol. The fourth-order valence-electron chi connectivity index (χ4n) is 1.14. The van der Waals surface area contributed by atoms with Crippen molar-refractivity contribution in [1.29, 1.82) is 0 Å². The molecule has 5 heteroatoms. The monoisotopic (exact) mass is 195 g/mol. The van der Waals surface area contributed by atoms with Crippen LogP contribution >= 0.6 is 0 Å². The minimum Gasteiger partial charge on any atom is -0.381 e. The SMILES string of the molecule is NCC(F)(F)COC1CCOCC1. The first-order valence-corrected chi connectivity index (χ1v) is 4.41. The van der Waals surface area contributed by atoms with Crippen LogP contribution in [0.4, 0.5) is 8.78 Å². The molecule has 1 aliphatic heterocycles. The lowest BCUT2D eigenvalue weighted by molar-refractivity contribution is -0.113. The quantitative estimate of drug-likeness (QED) is 0.720. The van der Waals surface area contributed by atoms with Crippen molar-refractivity contribution in [2.45, 2.75) is 24.9 Å². The fraction of sp³-hybridized carbons (Fsp3) is 1.00. The van der Waals surface area contributed by atoms with Crippen molar-refractivity contribution in [3.05, 3.63) is 0 Å². The standard InChI is InChI=1S/C8H15F2NO2/c9-8(10,5-11)6-13-7-1-3-12-4-2-7/h7H,1-6,11H2. The first kappa shape index (κ1) is 10.8. The van der Waals surface area contributed by atoms with Crippen molar-refractivity contribution < 1.29 is 18.3 Å². The second-order valence-electron chi connectivity index (χ2n) is 3.18. The van der Waals surface area contributed by atoms with E-state index in [2.05, 4.69) is 0 Å². The molecule has 0 saturated carbocycles. The summed E-state index contributed by atoms with van der Waals surface area (Å²) in [5.74, 6) is -2.89. The second kappa shape index (κ2) is 4.83. The molecule has 0 radical (unpaired) electrons. The first-order chi connectivity index (χ1) is 6.14. The lowest BCUT2D eigenvalue weighted by Crippen LogP contribution is -2.36. The summed E-state index contributed by atoms with van der Waals surface area (Å²) in [6.45, 7) is -0.0396. The summed E-state index contributed by atoms with van der Waals surface area (Å²) < 4.78 is 35.3. The van der Waals surface area contributed by atoms with Gasteiger partial charge in [-0.25, -0.2) is 8.78 Å². The normalized spacial score (nSPS) is 20.5. The molecule has 0 amide bonds. The Labute approximate surface area is 76.2 Å². The highest BCUT2D eigenvalue weighted by Crippen LogP contribution is 2.16. The molecule has 1 heterocycles. The van der Waals surface area contributed by atoms with Gasteiger partial charge in [0.05, 0.1) is 12.6 Å². The van der Waals surface area contributed by atoms with Gasteiger partial charge in [-0.2, -0.15) is 0 Å². The van der Waals surface area contributed by atoms with E-state index in [9.17, 15) is 8.78 Å². The van der Waals surface area contributed by atoms with E-state index in [1.807, 2.05) is 0 Å². The third-order valence-corrected chi connectivity index (χ3v) is 2.00. The Kier molecular flexibility index (Phi) is 4.02. The molecule has 1 rings (SSSR count). The van der Waals surface area contributed by atoms with Crippen LogP contribution in [-0.2, 0) is 9.47 Å². The van der Waals surface area contributed by atoms with Crippen molar-refractivity contribution in [3.8, 4) is 0 Å². The molecule has 0 bridgehead atoms. The van der Waals surface area contributed by atoms with E-state index in [1.165, 1.54) is 0 Å². The van der Waals surface area contributed by atoms with Gasteiger partial charge in [0.25, 0.3) is 5.92 Å². The molecular weight excluding hydrogens is 180 g/mol. The topological polar surface area (TPSA) is 44.5 Å². The smallest absolute Gasteiger partial charge is 0.282 e. The van der Waals surface area contributed by atoms with Crippen LogP contribution in [0, 0.1) is 0 Å². The third-order valence-electron chi connectivity index (χ3n) is 2.00.